The lowest BCUT2D eigenvalue weighted by Crippen LogP contribution is -2.55. The van der Waals surface area contributed by atoms with Crippen molar-refractivity contribution in [3.8, 4) is 5.75 Å². The first-order chi connectivity index (χ1) is 9.65. The average molecular weight is 271 g/mol. The van der Waals surface area contributed by atoms with E-state index < -0.39 is 0 Å². The van der Waals surface area contributed by atoms with Gasteiger partial charge >= 0.3 is 0 Å². The molecule has 3 nitrogen and oxygen atoms in total. The number of carbonyl (C=O) groups is 1. The van der Waals surface area contributed by atoms with Crippen LogP contribution in [0.5, 0.6) is 5.75 Å². The smallest absolute Gasteiger partial charge is 0.180 e. The Hall–Kier alpha value is -1.35. The maximum absolute atomic E-state index is 12.8. The van der Waals surface area contributed by atoms with Gasteiger partial charge < -0.3 is 5.11 Å². The van der Waals surface area contributed by atoms with Gasteiger partial charge in [-0.3, -0.25) is 9.69 Å². The van der Waals surface area contributed by atoms with Gasteiger partial charge in [0.2, 0.25) is 0 Å². The highest BCUT2D eigenvalue weighted by Crippen LogP contribution is 2.45. The number of likely N-dealkylation sites (tertiary alicyclic amines) is 1. The van der Waals surface area contributed by atoms with E-state index in [1.807, 2.05) is 6.07 Å². The van der Waals surface area contributed by atoms with Crippen LogP contribution in [0.15, 0.2) is 18.2 Å². The number of Topliss-reactive ketones (excluding diaryl/α,β-unsaturated/α-hetero) is 1. The summed E-state index contributed by atoms with van der Waals surface area (Å²) in [6.07, 6.45) is 3.77. The molecule has 3 aliphatic rings. The zero-order chi connectivity index (χ0) is 13.9. The third-order valence-electron chi connectivity index (χ3n) is 5.41. The first-order valence-electron chi connectivity index (χ1n) is 7.76. The highest BCUT2D eigenvalue weighted by Gasteiger charge is 2.46. The second kappa shape index (κ2) is 4.32. The van der Waals surface area contributed by atoms with Crippen LogP contribution in [-0.2, 0) is 0 Å². The Morgan fingerprint density at radius 2 is 2.10 bits per heavy atom. The molecule has 20 heavy (non-hydrogen) atoms. The Balaban J connectivity index is 1.73. The van der Waals surface area contributed by atoms with Crippen LogP contribution >= 0.6 is 0 Å². The fourth-order valence-corrected chi connectivity index (χ4v) is 4.18. The maximum atomic E-state index is 12.8. The lowest BCUT2D eigenvalue weighted by atomic mass is 9.68. The summed E-state index contributed by atoms with van der Waals surface area (Å²) >= 11 is 0. The van der Waals surface area contributed by atoms with E-state index in [0.29, 0.717) is 11.8 Å². The fraction of sp³-hybridized carbons (Fsp3) is 0.588. The minimum atomic E-state index is 0.0615. The first kappa shape index (κ1) is 12.4. The molecule has 106 valence electrons. The minimum absolute atomic E-state index is 0.0615. The highest BCUT2D eigenvalue weighted by molar-refractivity contribution is 6.03. The van der Waals surface area contributed by atoms with E-state index in [9.17, 15) is 9.90 Å². The summed E-state index contributed by atoms with van der Waals surface area (Å²) in [6, 6.07) is 5.33. The number of nitrogens with zero attached hydrogens (tertiary/aromatic N) is 1. The summed E-state index contributed by atoms with van der Waals surface area (Å²) in [4.78, 5) is 15.3. The predicted molar refractivity (Wildman–Crippen MR) is 77.0 cm³/mol. The zero-order valence-electron chi connectivity index (χ0n) is 11.9. The SMILES string of the molecule is CC1[C@H]2C(=O)c3ccc(O)cc3[C@@H]1CCN2CC1CC1. The molecule has 1 unspecified atom stereocenters. The molecule has 1 aromatic carbocycles. The first-order valence-corrected chi connectivity index (χ1v) is 7.76. The fourth-order valence-electron chi connectivity index (χ4n) is 4.18. The predicted octanol–water partition coefficient (Wildman–Crippen LogP) is 2.79. The summed E-state index contributed by atoms with van der Waals surface area (Å²) in [5.41, 5.74) is 1.92. The topological polar surface area (TPSA) is 40.5 Å². The molecule has 1 saturated heterocycles. The molecule has 0 spiro atoms. The van der Waals surface area contributed by atoms with Crippen LogP contribution in [0.4, 0.5) is 0 Å². The van der Waals surface area contributed by atoms with Crippen molar-refractivity contribution in [3.63, 3.8) is 0 Å². The quantitative estimate of drug-likeness (QED) is 0.899. The zero-order valence-corrected chi connectivity index (χ0v) is 11.9. The summed E-state index contributed by atoms with van der Waals surface area (Å²) in [5, 5.41) is 9.72. The number of piperidine rings is 1. The molecule has 3 heteroatoms. The van der Waals surface area contributed by atoms with Crippen molar-refractivity contribution in [2.45, 2.75) is 38.1 Å². The van der Waals surface area contributed by atoms with Gasteiger partial charge in [-0.1, -0.05) is 6.92 Å². The summed E-state index contributed by atoms with van der Waals surface area (Å²) in [5.74, 6) is 2.17. The molecule has 0 aromatic heterocycles. The van der Waals surface area contributed by atoms with E-state index in [2.05, 4.69) is 11.8 Å². The van der Waals surface area contributed by atoms with E-state index in [-0.39, 0.29) is 17.6 Å². The molecule has 0 amide bonds. The second-order valence-electron chi connectivity index (χ2n) is 6.77. The van der Waals surface area contributed by atoms with Gasteiger partial charge in [-0.25, -0.2) is 0 Å². The molecule has 1 heterocycles. The van der Waals surface area contributed by atoms with Crippen molar-refractivity contribution in [2.75, 3.05) is 13.1 Å². The number of phenols is 1. The normalized spacial score (nSPS) is 33.0. The molecule has 3 atom stereocenters. The van der Waals surface area contributed by atoms with E-state index in [1.165, 1.54) is 12.8 Å². The van der Waals surface area contributed by atoms with Crippen molar-refractivity contribution < 1.29 is 9.90 Å². The maximum Gasteiger partial charge on any atom is 0.180 e. The van der Waals surface area contributed by atoms with Gasteiger partial charge in [-0.05, 0) is 67.3 Å². The standard InChI is InChI=1S/C17H21NO2/c1-10-13-6-7-18(9-11-2-3-11)16(10)17(20)14-5-4-12(19)8-15(13)14/h4-5,8,10-11,13,16,19H,2-3,6-7,9H2,1H3/t10?,13-,16+/m1/s1. The largest absolute Gasteiger partial charge is 0.508 e. The number of rotatable bonds is 2. The van der Waals surface area contributed by atoms with Gasteiger partial charge in [0, 0.05) is 12.1 Å². The van der Waals surface area contributed by atoms with Crippen molar-refractivity contribution in [1.82, 2.24) is 4.90 Å². The highest BCUT2D eigenvalue weighted by atomic mass is 16.3. The molecule has 1 aliphatic heterocycles. The number of fused-ring (bicyclic) bond motifs is 4. The van der Waals surface area contributed by atoms with Crippen LogP contribution < -0.4 is 0 Å². The molecule has 1 N–H and O–H groups in total. The van der Waals surface area contributed by atoms with Gasteiger partial charge in [-0.2, -0.15) is 0 Å². The molecule has 2 aliphatic carbocycles. The van der Waals surface area contributed by atoms with E-state index >= 15 is 0 Å². The minimum Gasteiger partial charge on any atom is -0.508 e. The summed E-state index contributed by atoms with van der Waals surface area (Å²) in [6.45, 7) is 4.33. The van der Waals surface area contributed by atoms with Gasteiger partial charge in [0.15, 0.2) is 5.78 Å². The molecule has 2 bridgehead atoms. The lowest BCUT2D eigenvalue weighted by molar-refractivity contribution is 0.0491. The Bertz CT molecular complexity index is 564. The van der Waals surface area contributed by atoms with Crippen LogP contribution in [0, 0.1) is 11.8 Å². The Morgan fingerprint density at radius 3 is 2.85 bits per heavy atom. The third-order valence-corrected chi connectivity index (χ3v) is 5.41. The summed E-state index contributed by atoms with van der Waals surface area (Å²) in [7, 11) is 0. The van der Waals surface area contributed by atoms with Crippen LogP contribution in [-0.4, -0.2) is 34.9 Å². The van der Waals surface area contributed by atoms with E-state index in [4.69, 9.17) is 0 Å². The molecule has 2 fully saturated rings. The van der Waals surface area contributed by atoms with E-state index in [0.717, 1.165) is 36.6 Å². The Labute approximate surface area is 119 Å². The Morgan fingerprint density at radius 1 is 1.30 bits per heavy atom. The van der Waals surface area contributed by atoms with Gasteiger partial charge in [0.1, 0.15) is 5.75 Å². The molecule has 0 radical (unpaired) electrons. The summed E-state index contributed by atoms with van der Waals surface area (Å²) < 4.78 is 0. The van der Waals surface area contributed by atoms with Crippen LogP contribution in [0.25, 0.3) is 0 Å². The molecular formula is C17H21NO2. The molecule has 4 rings (SSSR count). The molecular weight excluding hydrogens is 250 g/mol. The number of carbonyl (C=O) groups excluding carboxylic acids is 1. The van der Waals surface area contributed by atoms with Crippen LogP contribution in [0.2, 0.25) is 0 Å². The number of hydrogen-bond donors (Lipinski definition) is 1. The monoisotopic (exact) mass is 271 g/mol. The van der Waals surface area contributed by atoms with Gasteiger partial charge in [-0.15, -0.1) is 0 Å². The Kier molecular flexibility index (Phi) is 2.68. The van der Waals surface area contributed by atoms with Gasteiger partial charge in [0.05, 0.1) is 6.04 Å². The number of aromatic hydroxyl groups is 1. The third kappa shape index (κ3) is 1.80. The number of phenolic OH excluding ortho intramolecular Hbond substituents is 1. The van der Waals surface area contributed by atoms with Crippen molar-refractivity contribution in [2.24, 2.45) is 11.8 Å². The van der Waals surface area contributed by atoms with Crippen molar-refractivity contribution in [1.29, 1.82) is 0 Å². The number of hydrogen-bond acceptors (Lipinski definition) is 3. The van der Waals surface area contributed by atoms with Crippen LogP contribution in [0.1, 0.15) is 48.0 Å². The second-order valence-corrected chi connectivity index (χ2v) is 6.77. The average Bonchev–Trinajstić information content (AvgIpc) is 3.21. The van der Waals surface area contributed by atoms with Crippen molar-refractivity contribution in [3.05, 3.63) is 29.3 Å². The van der Waals surface area contributed by atoms with Crippen molar-refractivity contribution >= 4 is 5.78 Å². The van der Waals surface area contributed by atoms with E-state index in [1.54, 1.807) is 12.1 Å². The van der Waals surface area contributed by atoms with Gasteiger partial charge in [0.25, 0.3) is 0 Å². The molecule has 1 aromatic rings. The number of ketones is 1. The molecule has 1 saturated carbocycles. The van der Waals surface area contributed by atoms with Crippen LogP contribution in [0.3, 0.4) is 0 Å². The number of benzene rings is 1. The lowest BCUT2D eigenvalue weighted by Gasteiger charge is -2.47.